The smallest absolute Gasteiger partial charge is 0.408 e. The van der Waals surface area contributed by atoms with E-state index >= 15 is 0 Å². The van der Waals surface area contributed by atoms with E-state index < -0.39 is 62.9 Å². The quantitative estimate of drug-likeness (QED) is 0.363. The van der Waals surface area contributed by atoms with Gasteiger partial charge in [-0.3, -0.25) is 9.59 Å². The Morgan fingerprint density at radius 1 is 1.00 bits per heavy atom. The van der Waals surface area contributed by atoms with Gasteiger partial charge in [-0.1, -0.05) is 51.8 Å². The molecule has 0 bridgehead atoms. The fourth-order valence-electron chi connectivity index (χ4n) is 3.53. The summed E-state index contributed by atoms with van der Waals surface area (Å²) in [5, 5.41) is 3.17. The van der Waals surface area contributed by atoms with Crippen molar-refractivity contribution < 1.29 is 37.1 Å². The van der Waals surface area contributed by atoms with Crippen LogP contribution in [0.25, 0.3) is 0 Å². The fourth-order valence-corrected chi connectivity index (χ4v) is 5.24. The van der Waals surface area contributed by atoms with Gasteiger partial charge in [0.25, 0.3) is 0 Å². The lowest BCUT2D eigenvalue weighted by molar-refractivity contribution is -0.146. The highest BCUT2D eigenvalue weighted by Gasteiger charge is 2.41. The molecule has 10 nitrogen and oxygen atoms in total. The number of hydrogen-bond donors (Lipinski definition) is 2. The van der Waals surface area contributed by atoms with Gasteiger partial charge in [0.05, 0.1) is 24.5 Å². The maximum atomic E-state index is 13.7. The highest BCUT2D eigenvalue weighted by atomic mass is 32.2. The number of methoxy groups -OCH3 is 1. The third-order valence-electron chi connectivity index (χ3n) is 5.45. The molecule has 0 fully saturated rings. The van der Waals surface area contributed by atoms with Crippen LogP contribution in [0.15, 0.2) is 35.2 Å². The van der Waals surface area contributed by atoms with Crippen LogP contribution in [0.4, 0.5) is 4.79 Å². The first-order chi connectivity index (χ1) is 17.1. The summed E-state index contributed by atoms with van der Waals surface area (Å²) >= 11 is 0. The average molecular weight is 541 g/mol. The van der Waals surface area contributed by atoms with Gasteiger partial charge < -0.3 is 20.1 Å². The number of carbonyl (C=O) groups excluding carboxylic acids is 4. The van der Waals surface area contributed by atoms with Crippen molar-refractivity contribution in [1.82, 2.24) is 10.6 Å². The average Bonchev–Trinajstić information content (AvgIpc) is 2.81. The Morgan fingerprint density at radius 3 is 2.08 bits per heavy atom. The Morgan fingerprint density at radius 2 is 1.59 bits per heavy atom. The number of unbranched alkanes of at least 4 members (excludes halogenated alkanes) is 1. The van der Waals surface area contributed by atoms with Gasteiger partial charge in [-0.25, -0.2) is 18.0 Å². The second-order valence-electron chi connectivity index (χ2n) is 10.1. The zero-order chi connectivity index (χ0) is 28.4. The lowest BCUT2D eigenvalue weighted by Crippen LogP contribution is -2.51. The van der Waals surface area contributed by atoms with Gasteiger partial charge in [-0.2, -0.15) is 0 Å². The summed E-state index contributed by atoms with van der Waals surface area (Å²) in [6.07, 6.45) is -0.240. The fraction of sp³-hybridized carbons (Fsp3) is 0.615. The van der Waals surface area contributed by atoms with Crippen molar-refractivity contribution in [2.45, 2.75) is 95.1 Å². The summed E-state index contributed by atoms with van der Waals surface area (Å²) in [6.45, 7) is 10.3. The third kappa shape index (κ3) is 10.1. The highest BCUT2D eigenvalue weighted by Crippen LogP contribution is 2.22. The molecule has 2 unspecified atom stereocenters. The zero-order valence-corrected chi connectivity index (χ0v) is 23.5. The molecule has 11 heteroatoms. The van der Waals surface area contributed by atoms with Crippen molar-refractivity contribution >= 4 is 33.6 Å². The molecular weight excluding hydrogens is 500 g/mol. The van der Waals surface area contributed by atoms with E-state index in [0.717, 1.165) is 0 Å². The number of nitrogens with one attached hydrogen (secondary N) is 2. The molecule has 1 aromatic rings. The van der Waals surface area contributed by atoms with Crippen molar-refractivity contribution in [1.29, 1.82) is 0 Å². The van der Waals surface area contributed by atoms with Crippen LogP contribution in [-0.2, 0) is 33.7 Å². The van der Waals surface area contributed by atoms with Gasteiger partial charge in [0, 0.05) is 0 Å². The van der Waals surface area contributed by atoms with Crippen LogP contribution >= 0.6 is 0 Å². The minimum Gasteiger partial charge on any atom is -0.467 e. The molecule has 208 valence electrons. The molecule has 1 aromatic carbocycles. The number of amides is 2. The lowest BCUT2D eigenvalue weighted by atomic mass is 10.0. The van der Waals surface area contributed by atoms with Crippen LogP contribution in [0, 0.1) is 5.92 Å². The van der Waals surface area contributed by atoms with Crippen molar-refractivity contribution in [2.24, 2.45) is 5.92 Å². The van der Waals surface area contributed by atoms with Crippen LogP contribution in [0.1, 0.15) is 67.2 Å². The number of alkyl carbamates (subject to hydrolysis) is 1. The molecule has 0 aromatic heterocycles. The molecule has 3 atom stereocenters. The van der Waals surface area contributed by atoms with Crippen molar-refractivity contribution in [3.05, 3.63) is 30.3 Å². The highest BCUT2D eigenvalue weighted by molar-refractivity contribution is 7.92. The summed E-state index contributed by atoms with van der Waals surface area (Å²) in [7, 11) is -3.16. The normalized spacial score (nSPS) is 14.3. The molecule has 0 aliphatic rings. The molecule has 37 heavy (non-hydrogen) atoms. The number of benzene rings is 1. The van der Waals surface area contributed by atoms with Gasteiger partial charge in [0.1, 0.15) is 16.9 Å². The van der Waals surface area contributed by atoms with Gasteiger partial charge in [-0.15, -0.1) is 0 Å². The largest absolute Gasteiger partial charge is 0.467 e. The molecule has 0 spiro atoms. The molecule has 0 heterocycles. The molecule has 2 amide bonds. The first-order valence-electron chi connectivity index (χ1n) is 12.3. The van der Waals surface area contributed by atoms with Crippen LogP contribution in [-0.4, -0.2) is 62.2 Å². The molecule has 0 aliphatic carbocycles. The number of sulfone groups is 1. The van der Waals surface area contributed by atoms with Crippen LogP contribution in [0.2, 0.25) is 0 Å². The lowest BCUT2D eigenvalue weighted by Gasteiger charge is -2.26. The summed E-state index contributed by atoms with van der Waals surface area (Å²) in [6, 6.07) is 5.08. The van der Waals surface area contributed by atoms with Gasteiger partial charge >= 0.3 is 12.1 Å². The minimum atomic E-state index is -4.34. The van der Waals surface area contributed by atoms with Crippen molar-refractivity contribution in [2.75, 3.05) is 7.11 Å². The summed E-state index contributed by atoms with van der Waals surface area (Å²) in [4.78, 5) is 51.1. The van der Waals surface area contributed by atoms with E-state index in [1.54, 1.807) is 40.7 Å². The summed E-state index contributed by atoms with van der Waals surface area (Å²) < 4.78 is 37.1. The number of ketones is 1. The van der Waals surface area contributed by atoms with Crippen molar-refractivity contribution in [3.8, 4) is 0 Å². The Hall–Kier alpha value is -2.95. The standard InChI is InChI=1S/C26H40N2O8S/c1-8-9-15-19(27-25(32)36-26(4,5)6)23(30)20(37(33,34)18-13-11-10-12-14-18)16-21(29)28-22(17(2)3)24(31)35-7/h10-14,17,19-20,22H,8-9,15-16H2,1-7H3,(H,27,32)(H,28,29)/t19-,20?,22?/m0/s1. The minimum absolute atomic E-state index is 0.138. The van der Waals surface area contributed by atoms with E-state index in [2.05, 4.69) is 10.6 Å². The molecule has 2 N–H and O–H groups in total. The molecule has 0 aliphatic heterocycles. The first-order valence-corrected chi connectivity index (χ1v) is 13.9. The summed E-state index contributed by atoms with van der Waals surface area (Å²) in [5.41, 5.74) is -0.836. The molecule has 0 radical (unpaired) electrons. The Balaban J connectivity index is 3.40. The number of Topliss-reactive ketones (excluding diaryl/α,β-unsaturated/α-hetero) is 1. The number of rotatable bonds is 13. The van der Waals surface area contributed by atoms with E-state index in [1.807, 2.05) is 6.92 Å². The van der Waals surface area contributed by atoms with E-state index in [4.69, 9.17) is 9.47 Å². The van der Waals surface area contributed by atoms with Crippen LogP contribution < -0.4 is 10.6 Å². The maximum absolute atomic E-state index is 13.7. The topological polar surface area (TPSA) is 145 Å². The first kappa shape index (κ1) is 32.1. The Kier molecular flexibility index (Phi) is 12.2. The second kappa shape index (κ2) is 14.1. The summed E-state index contributed by atoms with van der Waals surface area (Å²) in [5.74, 6) is -2.68. The number of hydrogen-bond acceptors (Lipinski definition) is 8. The van der Waals surface area contributed by atoms with E-state index in [1.165, 1.54) is 31.4 Å². The van der Waals surface area contributed by atoms with Gasteiger partial charge in [0.2, 0.25) is 5.91 Å². The van der Waals surface area contributed by atoms with Crippen LogP contribution in [0.3, 0.4) is 0 Å². The number of esters is 1. The predicted octanol–water partition coefficient (Wildman–Crippen LogP) is 3.19. The van der Waals surface area contributed by atoms with E-state index in [-0.39, 0.29) is 17.2 Å². The van der Waals surface area contributed by atoms with E-state index in [0.29, 0.717) is 12.8 Å². The zero-order valence-electron chi connectivity index (χ0n) is 22.7. The Labute approximate surface area is 219 Å². The second-order valence-corrected chi connectivity index (χ2v) is 12.2. The number of carbonyl (C=O) groups is 4. The van der Waals surface area contributed by atoms with Gasteiger partial charge in [0.15, 0.2) is 15.6 Å². The molecule has 1 rings (SSSR count). The molecule has 0 saturated heterocycles. The van der Waals surface area contributed by atoms with Gasteiger partial charge in [-0.05, 0) is 45.2 Å². The van der Waals surface area contributed by atoms with Crippen LogP contribution in [0.5, 0.6) is 0 Å². The van der Waals surface area contributed by atoms with Crippen molar-refractivity contribution in [3.63, 3.8) is 0 Å². The Bertz CT molecular complexity index is 1030. The SMILES string of the molecule is CCCC[C@H](NC(=O)OC(C)(C)C)C(=O)C(CC(=O)NC(C(=O)OC)C(C)C)S(=O)(=O)c1ccccc1. The maximum Gasteiger partial charge on any atom is 0.408 e. The monoisotopic (exact) mass is 540 g/mol. The molecular formula is C26H40N2O8S. The third-order valence-corrected chi connectivity index (χ3v) is 7.53. The number of ether oxygens (including phenoxy) is 2. The molecule has 0 saturated carbocycles. The van der Waals surface area contributed by atoms with E-state index in [9.17, 15) is 27.6 Å². The predicted molar refractivity (Wildman–Crippen MR) is 139 cm³/mol.